The maximum atomic E-state index is 12.3. The second-order valence-corrected chi connectivity index (χ2v) is 7.97. The van der Waals surface area contributed by atoms with Crippen molar-refractivity contribution in [3.63, 3.8) is 0 Å². The Morgan fingerprint density at radius 2 is 1.94 bits per heavy atom. The third-order valence-corrected chi connectivity index (χ3v) is 5.34. The molecule has 1 aromatic carbocycles. The van der Waals surface area contributed by atoms with Gasteiger partial charge in [0.1, 0.15) is 0 Å². The van der Waals surface area contributed by atoms with Crippen molar-refractivity contribution in [2.45, 2.75) is 58.9 Å². The van der Waals surface area contributed by atoms with E-state index in [0.717, 1.165) is 29.8 Å². The normalized spacial score (nSPS) is 12.7. The molecule has 5 heteroatoms. The summed E-state index contributed by atoms with van der Waals surface area (Å²) in [5.41, 5.74) is 6.87. The second kappa shape index (κ2) is 12.2. The fraction of sp³-hybridized carbons (Fsp3) is 0.423. The molecule has 3 aromatic rings. The van der Waals surface area contributed by atoms with Crippen LogP contribution in [0.2, 0.25) is 0 Å². The van der Waals surface area contributed by atoms with Gasteiger partial charge in [-0.2, -0.15) is 0 Å². The number of hydrogen-bond acceptors (Lipinski definition) is 2. The lowest BCUT2D eigenvalue weighted by molar-refractivity contribution is 0.472. The molecule has 168 valence electrons. The smallest absolute Gasteiger partial charge is 0.0897 e. The Kier molecular flexibility index (Phi) is 9.70. The van der Waals surface area contributed by atoms with E-state index in [2.05, 4.69) is 67.0 Å². The van der Waals surface area contributed by atoms with Crippen LogP contribution in [0.5, 0.6) is 0 Å². The number of nitrogens with zero attached hydrogens (tertiary/aromatic N) is 1. The molecule has 0 amide bonds. The number of H-pyrrole nitrogens is 1. The van der Waals surface area contributed by atoms with E-state index in [4.69, 9.17) is 0 Å². The highest BCUT2D eigenvalue weighted by molar-refractivity contribution is 5.86. The number of nitrogens with one attached hydrogen (secondary N) is 2. The second-order valence-electron chi connectivity index (χ2n) is 7.97. The minimum atomic E-state index is -0.284. The van der Waals surface area contributed by atoms with Crippen LogP contribution >= 0.6 is 0 Å². The summed E-state index contributed by atoms with van der Waals surface area (Å²) >= 11 is 0. The number of fused-ring (bicyclic) bond motifs is 1. The van der Waals surface area contributed by atoms with Crippen LogP contribution in [0.4, 0.5) is 8.78 Å². The Bertz CT molecular complexity index is 947. The molecule has 0 spiro atoms. The van der Waals surface area contributed by atoms with Gasteiger partial charge in [-0.15, -0.1) is 0 Å². The molecule has 0 radical (unpaired) electrons. The van der Waals surface area contributed by atoms with Gasteiger partial charge in [-0.1, -0.05) is 31.7 Å². The Morgan fingerprint density at radius 3 is 2.58 bits per heavy atom. The van der Waals surface area contributed by atoms with Crippen molar-refractivity contribution >= 4 is 10.9 Å². The van der Waals surface area contributed by atoms with Gasteiger partial charge in [0.2, 0.25) is 0 Å². The van der Waals surface area contributed by atoms with Gasteiger partial charge < -0.3 is 10.3 Å². The maximum absolute atomic E-state index is 12.3. The lowest BCUT2D eigenvalue weighted by atomic mass is 9.94. The quantitative estimate of drug-likeness (QED) is 0.382. The van der Waals surface area contributed by atoms with Crippen LogP contribution in [0.15, 0.2) is 55.0 Å². The minimum Gasteiger partial charge on any atom is -0.381 e. The lowest BCUT2D eigenvalue weighted by Gasteiger charge is -2.20. The summed E-state index contributed by atoms with van der Waals surface area (Å²) in [4.78, 5) is 7.92. The van der Waals surface area contributed by atoms with Crippen molar-refractivity contribution in [1.29, 1.82) is 0 Å². The van der Waals surface area contributed by atoms with Crippen molar-refractivity contribution < 1.29 is 8.78 Å². The van der Waals surface area contributed by atoms with E-state index >= 15 is 0 Å². The first-order valence-electron chi connectivity index (χ1n) is 11.0. The van der Waals surface area contributed by atoms with Gasteiger partial charge in [-0.3, -0.25) is 13.8 Å². The predicted octanol–water partition coefficient (Wildman–Crippen LogP) is 7.11. The van der Waals surface area contributed by atoms with Gasteiger partial charge in [-0.05, 0) is 74.8 Å². The van der Waals surface area contributed by atoms with Crippen molar-refractivity contribution in [3.05, 3.63) is 77.4 Å². The Hall–Kier alpha value is -2.69. The lowest BCUT2D eigenvalue weighted by Crippen LogP contribution is -2.19. The van der Waals surface area contributed by atoms with Crippen LogP contribution in [0, 0.1) is 6.92 Å². The minimum absolute atomic E-state index is 0.0830. The number of aromatic amines is 1. The fourth-order valence-electron chi connectivity index (χ4n) is 3.82. The van der Waals surface area contributed by atoms with Crippen LogP contribution in [-0.2, 0) is 6.42 Å². The summed E-state index contributed by atoms with van der Waals surface area (Å²) in [5.74, 6) is 0.359. The molecule has 0 aliphatic heterocycles. The standard InChI is InChI=1S/C24H30FN3.C2H5F/c1-16-7-5-9-23-24(16)21(15-27-23)17(2)13-18(3)28-19(4)22-11-10-20(14-26-22)8-6-12-25;1-2-3/h5,7,9-11,14-15,17,19,27-28H,3,6,8,12-13H2,1-2,4H3;2H2,1H3. The van der Waals surface area contributed by atoms with E-state index in [1.54, 1.807) is 0 Å². The van der Waals surface area contributed by atoms with E-state index in [-0.39, 0.29) is 19.4 Å². The largest absolute Gasteiger partial charge is 0.381 e. The van der Waals surface area contributed by atoms with E-state index in [1.165, 1.54) is 29.0 Å². The summed E-state index contributed by atoms with van der Waals surface area (Å²) in [5, 5.41) is 4.81. The summed E-state index contributed by atoms with van der Waals surface area (Å²) in [6.45, 7) is 11.7. The third-order valence-electron chi connectivity index (χ3n) is 5.34. The molecule has 0 saturated carbocycles. The molecular formula is C26H35F2N3. The molecule has 0 saturated heterocycles. The monoisotopic (exact) mass is 427 g/mol. The summed E-state index contributed by atoms with van der Waals surface area (Å²) in [6.07, 6.45) is 6.12. The molecule has 0 bridgehead atoms. The van der Waals surface area contributed by atoms with Crippen LogP contribution in [-0.4, -0.2) is 23.3 Å². The SMILES string of the molecule is C=C(CC(C)c1c[nH]c2cccc(C)c12)NC(C)c1ccc(CCCF)cn1.CCF. The molecule has 2 aromatic heterocycles. The number of aryl methyl sites for hydroxylation is 2. The van der Waals surface area contributed by atoms with Crippen molar-refractivity contribution in [1.82, 2.24) is 15.3 Å². The maximum Gasteiger partial charge on any atom is 0.0897 e. The van der Waals surface area contributed by atoms with Gasteiger partial charge in [0.05, 0.1) is 25.1 Å². The molecule has 31 heavy (non-hydrogen) atoms. The van der Waals surface area contributed by atoms with Gasteiger partial charge in [0.25, 0.3) is 0 Å². The highest BCUT2D eigenvalue weighted by atomic mass is 19.1. The van der Waals surface area contributed by atoms with Crippen molar-refractivity contribution in [2.24, 2.45) is 0 Å². The Labute approximate surface area is 185 Å². The molecule has 2 unspecified atom stereocenters. The van der Waals surface area contributed by atoms with E-state index in [0.29, 0.717) is 12.3 Å². The number of rotatable bonds is 9. The van der Waals surface area contributed by atoms with E-state index < -0.39 is 0 Å². The Morgan fingerprint density at radius 1 is 1.19 bits per heavy atom. The first kappa shape index (κ1) is 24.6. The van der Waals surface area contributed by atoms with Gasteiger partial charge in [0, 0.05) is 29.0 Å². The average Bonchev–Trinajstić information content (AvgIpc) is 3.19. The molecule has 2 atom stereocenters. The molecular weight excluding hydrogens is 392 g/mol. The van der Waals surface area contributed by atoms with Crippen LogP contribution < -0.4 is 5.32 Å². The fourth-order valence-corrected chi connectivity index (χ4v) is 3.82. The van der Waals surface area contributed by atoms with E-state index in [1.807, 2.05) is 18.3 Å². The first-order chi connectivity index (χ1) is 14.9. The number of hydrogen-bond donors (Lipinski definition) is 2. The molecule has 3 rings (SSSR count). The van der Waals surface area contributed by atoms with Crippen LogP contribution in [0.25, 0.3) is 10.9 Å². The number of halogens is 2. The highest BCUT2D eigenvalue weighted by Crippen LogP contribution is 2.31. The zero-order chi connectivity index (χ0) is 22.8. The van der Waals surface area contributed by atoms with Gasteiger partial charge in [-0.25, -0.2) is 0 Å². The number of alkyl halides is 2. The third kappa shape index (κ3) is 6.91. The topological polar surface area (TPSA) is 40.7 Å². The number of allylic oxidation sites excluding steroid dienone is 1. The molecule has 0 aliphatic rings. The van der Waals surface area contributed by atoms with Crippen LogP contribution in [0.3, 0.4) is 0 Å². The number of benzene rings is 1. The summed E-state index contributed by atoms with van der Waals surface area (Å²) in [7, 11) is 0. The summed E-state index contributed by atoms with van der Waals surface area (Å²) in [6, 6.07) is 10.5. The number of aromatic nitrogens is 2. The van der Waals surface area contributed by atoms with Gasteiger partial charge in [0.15, 0.2) is 0 Å². The molecule has 2 heterocycles. The average molecular weight is 428 g/mol. The van der Waals surface area contributed by atoms with E-state index in [9.17, 15) is 8.78 Å². The zero-order valence-corrected chi connectivity index (χ0v) is 19.1. The van der Waals surface area contributed by atoms with Crippen LogP contribution in [0.1, 0.15) is 68.0 Å². The molecule has 0 aliphatic carbocycles. The van der Waals surface area contributed by atoms with Gasteiger partial charge >= 0.3 is 0 Å². The first-order valence-corrected chi connectivity index (χ1v) is 11.0. The van der Waals surface area contributed by atoms with Crippen molar-refractivity contribution in [3.8, 4) is 0 Å². The Balaban J connectivity index is 0.00000107. The zero-order valence-electron chi connectivity index (χ0n) is 19.1. The molecule has 3 nitrogen and oxygen atoms in total. The molecule has 2 N–H and O–H groups in total. The number of pyridine rings is 1. The highest BCUT2D eigenvalue weighted by Gasteiger charge is 2.15. The predicted molar refractivity (Wildman–Crippen MR) is 127 cm³/mol. The molecule has 0 fully saturated rings. The summed E-state index contributed by atoms with van der Waals surface area (Å²) < 4.78 is 22.6. The van der Waals surface area contributed by atoms with Crippen molar-refractivity contribution in [2.75, 3.05) is 13.3 Å².